The first-order valence-corrected chi connectivity index (χ1v) is 5.36. The van der Waals surface area contributed by atoms with E-state index in [0.29, 0.717) is 6.42 Å². The molecule has 0 saturated carbocycles. The fourth-order valence-corrected chi connectivity index (χ4v) is 1.82. The number of para-hydroxylation sites is 1. The van der Waals surface area contributed by atoms with E-state index < -0.39 is 5.97 Å². The SMILES string of the molecule is O=C(O)CCC[n+]1cccc2ccccc21.[CH3-].[Y]. The summed E-state index contributed by atoms with van der Waals surface area (Å²) in [4.78, 5) is 10.4. The maximum Gasteiger partial charge on any atom is 0.303 e. The summed E-state index contributed by atoms with van der Waals surface area (Å²) < 4.78 is 2.10. The maximum atomic E-state index is 10.4. The van der Waals surface area contributed by atoms with Gasteiger partial charge in [0.25, 0.3) is 0 Å². The van der Waals surface area contributed by atoms with E-state index in [9.17, 15) is 4.79 Å². The molecular formula is C14H17NO2Y. The third-order valence-corrected chi connectivity index (χ3v) is 2.58. The first kappa shape index (κ1) is 17.2. The summed E-state index contributed by atoms with van der Waals surface area (Å²) in [7, 11) is 0. The summed E-state index contributed by atoms with van der Waals surface area (Å²) in [5.41, 5.74) is 1.15. The van der Waals surface area contributed by atoms with Crippen molar-refractivity contribution in [2.24, 2.45) is 0 Å². The molecule has 0 aliphatic carbocycles. The van der Waals surface area contributed by atoms with E-state index in [1.807, 2.05) is 24.4 Å². The molecule has 0 unspecified atom stereocenters. The van der Waals surface area contributed by atoms with E-state index >= 15 is 0 Å². The summed E-state index contributed by atoms with van der Waals surface area (Å²) >= 11 is 0. The van der Waals surface area contributed by atoms with Gasteiger partial charge in [-0.3, -0.25) is 4.79 Å². The molecule has 18 heavy (non-hydrogen) atoms. The van der Waals surface area contributed by atoms with Crippen LogP contribution in [-0.2, 0) is 44.0 Å². The number of nitrogens with zero attached hydrogens (tertiary/aromatic N) is 1. The van der Waals surface area contributed by atoms with Crippen molar-refractivity contribution in [2.45, 2.75) is 19.4 Å². The average Bonchev–Trinajstić information content (AvgIpc) is 2.29. The number of pyridine rings is 1. The maximum absolute atomic E-state index is 10.4. The Morgan fingerprint density at radius 1 is 1.17 bits per heavy atom. The van der Waals surface area contributed by atoms with Crippen LogP contribution in [0.3, 0.4) is 0 Å². The number of hydrogen-bond acceptors (Lipinski definition) is 1. The number of carbonyl (C=O) groups is 1. The number of carboxylic acids is 1. The van der Waals surface area contributed by atoms with Gasteiger partial charge in [-0.2, -0.15) is 4.57 Å². The molecular weight excluding hydrogens is 303 g/mol. The zero-order chi connectivity index (χ0) is 11.4. The summed E-state index contributed by atoms with van der Waals surface area (Å²) in [6, 6.07) is 12.2. The van der Waals surface area contributed by atoms with Crippen LogP contribution in [0.1, 0.15) is 12.8 Å². The van der Waals surface area contributed by atoms with Gasteiger partial charge >= 0.3 is 5.97 Å². The van der Waals surface area contributed by atoms with Gasteiger partial charge in [0.15, 0.2) is 6.20 Å². The predicted molar refractivity (Wildman–Crippen MR) is 67.4 cm³/mol. The number of rotatable bonds is 4. The van der Waals surface area contributed by atoms with Gasteiger partial charge in [-0.1, -0.05) is 12.1 Å². The third-order valence-electron chi connectivity index (χ3n) is 2.58. The normalized spacial score (nSPS) is 9.33. The Kier molecular flexibility index (Phi) is 7.96. The minimum atomic E-state index is -0.735. The number of carboxylic acid groups (broad SMARTS) is 1. The minimum Gasteiger partial charge on any atom is -0.481 e. The second-order valence-electron chi connectivity index (χ2n) is 3.76. The molecule has 0 bridgehead atoms. The van der Waals surface area contributed by atoms with Crippen molar-refractivity contribution in [3.05, 3.63) is 50.0 Å². The summed E-state index contributed by atoms with van der Waals surface area (Å²) in [6.45, 7) is 0.744. The third kappa shape index (κ3) is 4.47. The Hall–Kier alpha value is -0.796. The molecule has 1 heterocycles. The largest absolute Gasteiger partial charge is 0.481 e. The standard InChI is InChI=1S/C13H13NO2.CH3.Y/c15-13(16)8-4-10-14-9-3-6-11-5-1-2-7-12(11)14;;/h1-3,5-7,9H,4,8,10H2;1H3;/q;-1;/p+1. The van der Waals surface area contributed by atoms with Gasteiger partial charge < -0.3 is 12.5 Å². The van der Waals surface area contributed by atoms with Gasteiger partial charge in [-0.05, 0) is 12.1 Å². The van der Waals surface area contributed by atoms with Crippen LogP contribution >= 0.6 is 0 Å². The van der Waals surface area contributed by atoms with Crippen molar-refractivity contribution < 1.29 is 47.2 Å². The fourth-order valence-electron chi connectivity index (χ4n) is 1.82. The van der Waals surface area contributed by atoms with Crippen LogP contribution in [0.4, 0.5) is 0 Å². The molecule has 1 N–H and O–H groups in total. The second kappa shape index (κ2) is 8.33. The zero-order valence-corrected chi connectivity index (χ0v) is 13.4. The van der Waals surface area contributed by atoms with Crippen LogP contribution in [0.5, 0.6) is 0 Å². The van der Waals surface area contributed by atoms with Crippen molar-refractivity contribution in [2.75, 3.05) is 0 Å². The molecule has 93 valence electrons. The van der Waals surface area contributed by atoms with Crippen LogP contribution in [0.2, 0.25) is 0 Å². The Balaban J connectivity index is 0.00000144. The van der Waals surface area contributed by atoms with Gasteiger partial charge in [0.05, 0.1) is 6.42 Å². The fraction of sp³-hybridized carbons (Fsp3) is 0.214. The molecule has 0 aliphatic rings. The summed E-state index contributed by atoms with van der Waals surface area (Å²) in [5.74, 6) is -0.735. The van der Waals surface area contributed by atoms with Gasteiger partial charge in [0.1, 0.15) is 6.54 Å². The first-order valence-electron chi connectivity index (χ1n) is 5.36. The van der Waals surface area contributed by atoms with Crippen molar-refractivity contribution in [1.82, 2.24) is 0 Å². The van der Waals surface area contributed by atoms with Gasteiger partial charge in [-0.25, -0.2) is 0 Å². The van der Waals surface area contributed by atoms with Crippen LogP contribution in [-0.4, -0.2) is 11.1 Å². The van der Waals surface area contributed by atoms with Gasteiger partial charge in [0, 0.05) is 56.6 Å². The van der Waals surface area contributed by atoms with E-state index in [1.54, 1.807) is 0 Å². The molecule has 0 aliphatic heterocycles. The predicted octanol–water partition coefficient (Wildman–Crippen LogP) is 2.44. The van der Waals surface area contributed by atoms with E-state index in [2.05, 4.69) is 22.8 Å². The molecule has 0 amide bonds. The van der Waals surface area contributed by atoms with Crippen molar-refractivity contribution in [1.29, 1.82) is 0 Å². The van der Waals surface area contributed by atoms with Crippen molar-refractivity contribution in [3.63, 3.8) is 0 Å². The molecule has 3 nitrogen and oxygen atoms in total. The molecule has 1 aromatic heterocycles. The molecule has 2 rings (SSSR count). The number of benzene rings is 1. The topological polar surface area (TPSA) is 41.2 Å². The number of fused-ring (bicyclic) bond motifs is 1. The monoisotopic (exact) mass is 320 g/mol. The number of aryl methyl sites for hydroxylation is 1. The Bertz CT molecular complexity index is 509. The Morgan fingerprint density at radius 2 is 1.83 bits per heavy atom. The quantitative estimate of drug-likeness (QED) is 0.694. The first-order chi connectivity index (χ1) is 7.77. The number of aliphatic carboxylic acids is 1. The molecule has 4 heteroatoms. The molecule has 0 spiro atoms. The van der Waals surface area contributed by atoms with Crippen LogP contribution < -0.4 is 4.57 Å². The van der Waals surface area contributed by atoms with Crippen LogP contribution in [0.25, 0.3) is 10.9 Å². The molecule has 0 saturated heterocycles. The van der Waals surface area contributed by atoms with E-state index in [1.165, 1.54) is 5.39 Å². The summed E-state index contributed by atoms with van der Waals surface area (Å²) in [6.07, 6.45) is 2.87. The zero-order valence-electron chi connectivity index (χ0n) is 10.5. The Morgan fingerprint density at radius 3 is 2.56 bits per heavy atom. The Labute approximate surface area is 133 Å². The average molecular weight is 320 g/mol. The number of hydrogen-bond donors (Lipinski definition) is 1. The van der Waals surface area contributed by atoms with E-state index in [4.69, 9.17) is 5.11 Å². The summed E-state index contributed by atoms with van der Waals surface area (Å²) in [5, 5.41) is 9.78. The smallest absolute Gasteiger partial charge is 0.303 e. The molecule has 0 atom stereocenters. The molecule has 2 aromatic rings. The minimum absolute atomic E-state index is 0. The van der Waals surface area contributed by atoms with Gasteiger partial charge in [0.2, 0.25) is 5.52 Å². The van der Waals surface area contributed by atoms with Crippen molar-refractivity contribution in [3.8, 4) is 0 Å². The van der Waals surface area contributed by atoms with Crippen LogP contribution in [0.15, 0.2) is 42.6 Å². The second-order valence-corrected chi connectivity index (χ2v) is 3.76. The van der Waals surface area contributed by atoms with E-state index in [-0.39, 0.29) is 46.6 Å². The molecule has 0 fully saturated rings. The van der Waals surface area contributed by atoms with Crippen LogP contribution in [0, 0.1) is 7.43 Å². The van der Waals surface area contributed by atoms with E-state index in [0.717, 1.165) is 12.1 Å². The number of aromatic nitrogens is 1. The van der Waals surface area contributed by atoms with Gasteiger partial charge in [-0.15, -0.1) is 0 Å². The van der Waals surface area contributed by atoms with Crippen molar-refractivity contribution >= 4 is 16.9 Å². The molecule has 1 radical (unpaired) electrons. The molecule has 1 aromatic carbocycles.